The molecule has 128 valence electrons. The van der Waals surface area contributed by atoms with Crippen LogP contribution in [0.15, 0.2) is 18.6 Å². The molecule has 2 aromatic heterocycles. The van der Waals surface area contributed by atoms with Gasteiger partial charge in [-0.1, -0.05) is 13.8 Å². The van der Waals surface area contributed by atoms with Crippen LogP contribution in [0.25, 0.3) is 5.65 Å². The number of nitrogens with zero attached hydrogens (tertiary/aromatic N) is 3. The average Bonchev–Trinajstić information content (AvgIpc) is 2.91. The Balaban J connectivity index is 1.94. The number of halogens is 2. The quantitative estimate of drug-likeness (QED) is 0.805. The van der Waals surface area contributed by atoms with Crippen LogP contribution in [-0.2, 0) is 9.53 Å². The van der Waals surface area contributed by atoms with Gasteiger partial charge in [0.15, 0.2) is 23.2 Å². The second-order valence-corrected chi connectivity index (χ2v) is 6.49. The average molecular weight is 337 g/mol. The summed E-state index contributed by atoms with van der Waals surface area (Å²) in [4.78, 5) is 32.4. The summed E-state index contributed by atoms with van der Waals surface area (Å²) < 4.78 is 33.0. The maximum atomic E-state index is 13.2. The van der Waals surface area contributed by atoms with Gasteiger partial charge in [0, 0.05) is 17.8 Å². The van der Waals surface area contributed by atoms with E-state index in [2.05, 4.69) is 9.97 Å². The van der Waals surface area contributed by atoms with Gasteiger partial charge < -0.3 is 4.74 Å². The van der Waals surface area contributed by atoms with Crippen LogP contribution in [0.3, 0.4) is 0 Å². The van der Waals surface area contributed by atoms with Crippen molar-refractivity contribution in [2.75, 3.05) is 0 Å². The first kappa shape index (κ1) is 16.5. The van der Waals surface area contributed by atoms with Gasteiger partial charge in [-0.15, -0.1) is 0 Å². The second kappa shape index (κ2) is 5.92. The maximum Gasteiger partial charge on any atom is 0.358 e. The topological polar surface area (TPSA) is 73.6 Å². The predicted molar refractivity (Wildman–Crippen MR) is 79.8 cm³/mol. The van der Waals surface area contributed by atoms with E-state index >= 15 is 0 Å². The van der Waals surface area contributed by atoms with E-state index in [0.29, 0.717) is 12.8 Å². The maximum absolute atomic E-state index is 13.2. The molecule has 1 aliphatic rings. The summed E-state index contributed by atoms with van der Waals surface area (Å²) in [6, 6.07) is 0. The van der Waals surface area contributed by atoms with E-state index in [9.17, 15) is 18.4 Å². The van der Waals surface area contributed by atoms with E-state index in [0.717, 1.165) is 6.42 Å². The van der Waals surface area contributed by atoms with Crippen molar-refractivity contribution in [2.45, 2.75) is 45.6 Å². The molecular formula is C16H17F2N3O3. The largest absolute Gasteiger partial charge is 0.450 e. The number of fused-ring (bicyclic) bond motifs is 1. The van der Waals surface area contributed by atoms with Crippen LogP contribution in [0.1, 0.15) is 55.7 Å². The summed E-state index contributed by atoms with van der Waals surface area (Å²) in [6.07, 6.45) is 1.98. The van der Waals surface area contributed by atoms with Gasteiger partial charge in [0.2, 0.25) is 0 Å². The van der Waals surface area contributed by atoms with Crippen molar-refractivity contribution in [3.05, 3.63) is 30.0 Å². The number of imidazole rings is 1. The molecule has 8 heteroatoms. The van der Waals surface area contributed by atoms with Gasteiger partial charge >= 0.3 is 5.97 Å². The Morgan fingerprint density at radius 3 is 2.92 bits per heavy atom. The highest BCUT2D eigenvalue weighted by molar-refractivity contribution is 5.95. The number of esters is 1. The number of ketones is 1. The summed E-state index contributed by atoms with van der Waals surface area (Å²) in [6.45, 7) is 3.58. The summed E-state index contributed by atoms with van der Waals surface area (Å²) >= 11 is 0. The van der Waals surface area contributed by atoms with Crippen molar-refractivity contribution < 1.29 is 23.1 Å². The lowest BCUT2D eigenvalue weighted by Gasteiger charge is -2.32. The van der Waals surface area contributed by atoms with Crippen LogP contribution in [-0.4, -0.2) is 32.2 Å². The normalized spacial score (nSPS) is 20.5. The van der Waals surface area contributed by atoms with Crippen molar-refractivity contribution in [2.24, 2.45) is 5.41 Å². The number of aromatic nitrogens is 3. The summed E-state index contributed by atoms with van der Waals surface area (Å²) in [5.74, 6) is -1.16. The fraction of sp³-hybridized carbons (Fsp3) is 0.500. The zero-order valence-corrected chi connectivity index (χ0v) is 13.3. The molecule has 1 fully saturated rings. The van der Waals surface area contributed by atoms with E-state index in [1.807, 2.05) is 0 Å². The third-order valence-corrected chi connectivity index (χ3v) is 4.33. The highest BCUT2D eigenvalue weighted by Gasteiger charge is 2.40. The Bertz CT molecular complexity index is 801. The minimum absolute atomic E-state index is 0.120. The van der Waals surface area contributed by atoms with Crippen LogP contribution in [0.2, 0.25) is 0 Å². The standard InChI is InChI=1S/C16H17F2N3O3/c1-16(2)5-3-4-9(13(16)22)24-15(23)12-11(14(17)18)20-10-8-19-6-7-21(10)12/h6-9,14H,3-5H2,1-2H3. The molecule has 0 radical (unpaired) electrons. The lowest BCUT2D eigenvalue weighted by molar-refractivity contribution is -0.140. The monoisotopic (exact) mass is 337 g/mol. The van der Waals surface area contributed by atoms with Gasteiger partial charge in [-0.3, -0.25) is 14.2 Å². The van der Waals surface area contributed by atoms with Crippen molar-refractivity contribution in [3.8, 4) is 0 Å². The second-order valence-electron chi connectivity index (χ2n) is 6.49. The molecule has 0 bridgehead atoms. The first-order valence-electron chi connectivity index (χ1n) is 7.66. The van der Waals surface area contributed by atoms with E-state index in [1.54, 1.807) is 13.8 Å². The number of alkyl halides is 2. The van der Waals surface area contributed by atoms with Crippen molar-refractivity contribution in [1.29, 1.82) is 0 Å². The van der Waals surface area contributed by atoms with Crippen LogP contribution < -0.4 is 0 Å². The number of ether oxygens (including phenoxy) is 1. The number of hydrogen-bond acceptors (Lipinski definition) is 5. The van der Waals surface area contributed by atoms with Gasteiger partial charge in [0.25, 0.3) is 6.43 Å². The van der Waals surface area contributed by atoms with Crippen LogP contribution in [0.4, 0.5) is 8.78 Å². The van der Waals surface area contributed by atoms with Gasteiger partial charge in [0.1, 0.15) is 5.69 Å². The molecule has 0 aliphatic heterocycles. The Morgan fingerprint density at radius 2 is 2.21 bits per heavy atom. The molecule has 1 aliphatic carbocycles. The molecule has 0 spiro atoms. The van der Waals surface area contributed by atoms with Gasteiger partial charge in [-0.2, -0.15) is 0 Å². The Kier molecular flexibility index (Phi) is 4.06. The minimum atomic E-state index is -2.94. The van der Waals surface area contributed by atoms with E-state index in [1.165, 1.54) is 23.0 Å². The summed E-state index contributed by atoms with van der Waals surface area (Å²) in [7, 11) is 0. The van der Waals surface area contributed by atoms with Crippen LogP contribution in [0.5, 0.6) is 0 Å². The third-order valence-electron chi connectivity index (χ3n) is 4.33. The van der Waals surface area contributed by atoms with E-state index in [4.69, 9.17) is 4.74 Å². The Morgan fingerprint density at radius 1 is 1.46 bits per heavy atom. The fourth-order valence-electron chi connectivity index (χ4n) is 3.00. The molecule has 24 heavy (non-hydrogen) atoms. The predicted octanol–water partition coefficient (Wildman–Crippen LogP) is 2.97. The SMILES string of the molecule is CC1(C)CCCC(OC(=O)c2c(C(F)F)nc3cnccn23)C1=O. The first-order valence-corrected chi connectivity index (χ1v) is 7.66. The number of carbonyl (C=O) groups is 2. The zero-order valence-electron chi connectivity index (χ0n) is 13.3. The zero-order chi connectivity index (χ0) is 17.5. The minimum Gasteiger partial charge on any atom is -0.450 e. The van der Waals surface area contributed by atoms with Crippen LogP contribution in [0, 0.1) is 5.41 Å². The van der Waals surface area contributed by atoms with Gasteiger partial charge in [-0.05, 0) is 19.3 Å². The molecule has 0 N–H and O–H groups in total. The van der Waals surface area contributed by atoms with Crippen molar-refractivity contribution in [3.63, 3.8) is 0 Å². The highest BCUT2D eigenvalue weighted by atomic mass is 19.3. The summed E-state index contributed by atoms with van der Waals surface area (Å²) in [5.41, 5.74) is -1.50. The molecule has 1 unspecified atom stereocenters. The van der Waals surface area contributed by atoms with Crippen molar-refractivity contribution in [1.82, 2.24) is 14.4 Å². The van der Waals surface area contributed by atoms with Gasteiger partial charge in [-0.25, -0.2) is 18.6 Å². The Labute approximate surface area is 136 Å². The smallest absolute Gasteiger partial charge is 0.358 e. The molecule has 0 saturated heterocycles. The molecule has 0 aromatic carbocycles. The molecule has 6 nitrogen and oxygen atoms in total. The molecule has 3 rings (SSSR count). The molecule has 1 saturated carbocycles. The number of carbonyl (C=O) groups excluding carboxylic acids is 2. The molecule has 0 amide bonds. The van der Waals surface area contributed by atoms with Gasteiger partial charge in [0.05, 0.1) is 6.20 Å². The number of rotatable bonds is 3. The molecule has 2 heterocycles. The fourth-order valence-corrected chi connectivity index (χ4v) is 3.00. The van der Waals surface area contributed by atoms with E-state index < -0.39 is 29.6 Å². The lowest BCUT2D eigenvalue weighted by Crippen LogP contribution is -2.41. The summed E-state index contributed by atoms with van der Waals surface area (Å²) in [5, 5.41) is 0. The molecule has 1 atom stereocenters. The van der Waals surface area contributed by atoms with Crippen LogP contribution >= 0.6 is 0 Å². The Hall–Kier alpha value is -2.38. The van der Waals surface area contributed by atoms with E-state index in [-0.39, 0.29) is 17.1 Å². The van der Waals surface area contributed by atoms with Crippen molar-refractivity contribution >= 4 is 17.4 Å². The first-order chi connectivity index (χ1) is 11.3. The number of hydrogen-bond donors (Lipinski definition) is 0. The third kappa shape index (κ3) is 2.76. The lowest BCUT2D eigenvalue weighted by atomic mass is 9.75. The molecular weight excluding hydrogens is 320 g/mol. The highest BCUT2D eigenvalue weighted by Crippen LogP contribution is 2.34. The molecule has 2 aromatic rings. The number of Topliss-reactive ketones (excluding diaryl/α,β-unsaturated/α-hetero) is 1.